The van der Waals surface area contributed by atoms with Gasteiger partial charge in [0.25, 0.3) is 0 Å². The van der Waals surface area contributed by atoms with Gasteiger partial charge in [-0.3, -0.25) is 0 Å². The van der Waals surface area contributed by atoms with Crippen LogP contribution in [0.2, 0.25) is 0 Å². The molecule has 0 fully saturated rings. The van der Waals surface area contributed by atoms with Crippen LogP contribution in [-0.2, 0) is 10.8 Å². The van der Waals surface area contributed by atoms with E-state index in [1.165, 1.54) is 0 Å². The van der Waals surface area contributed by atoms with Gasteiger partial charge in [-0.2, -0.15) is 0 Å². The minimum absolute atomic E-state index is 0.443. The van der Waals surface area contributed by atoms with Crippen LogP contribution < -0.4 is 5.73 Å². The number of nitrogens with zero attached hydrogens (tertiary/aromatic N) is 1. The maximum absolute atomic E-state index is 6.74. The summed E-state index contributed by atoms with van der Waals surface area (Å²) in [5, 5.41) is 0. The van der Waals surface area contributed by atoms with Crippen molar-refractivity contribution >= 4 is 24.8 Å². The highest BCUT2D eigenvalue weighted by atomic mass is 32.2. The molecule has 1 rings (SSSR count). The van der Waals surface area contributed by atoms with Gasteiger partial charge in [0.1, 0.15) is 5.82 Å². The lowest BCUT2D eigenvalue weighted by atomic mass is 10.2. The lowest BCUT2D eigenvalue weighted by molar-refractivity contribution is 0.368. The maximum atomic E-state index is 6.74. The number of hydrogen-bond acceptors (Lipinski definition) is 4. The van der Waals surface area contributed by atoms with E-state index in [1.54, 1.807) is 12.3 Å². The quantitative estimate of drug-likeness (QED) is 0.429. The number of anilines is 1. The number of pyridine rings is 1. The molecule has 0 aliphatic carbocycles. The van der Waals surface area contributed by atoms with Gasteiger partial charge in [0.2, 0.25) is 7.09 Å². The zero-order valence-corrected chi connectivity index (χ0v) is 7.60. The Morgan fingerprint density at radius 1 is 1.92 bits per heavy atom. The molecule has 1 aromatic heterocycles. The molecule has 0 spiro atoms. The second kappa shape index (κ2) is 4.38. The van der Waals surface area contributed by atoms with Gasteiger partial charge in [-0.05, 0) is 25.5 Å². The van der Waals surface area contributed by atoms with Crippen LogP contribution in [0.5, 0.6) is 0 Å². The van der Waals surface area contributed by atoms with E-state index in [1.807, 2.05) is 6.92 Å². The van der Waals surface area contributed by atoms with Gasteiger partial charge in [-0.1, -0.05) is 11.9 Å². The molecule has 2 N–H and O–H groups in total. The Kier molecular flexibility index (Phi) is 2.90. The average molecular weight is 183 g/mol. The first-order valence-electron chi connectivity index (χ1n) is 4.01. The predicted octanol–water partition coefficient (Wildman–Crippen LogP) is 0.953. The minimum atomic E-state index is 0.443. The van der Waals surface area contributed by atoms with E-state index in [4.69, 9.17) is 11.3 Å². The van der Waals surface area contributed by atoms with Crippen molar-refractivity contribution in [2.24, 2.45) is 0 Å². The third-order valence-corrected chi connectivity index (χ3v) is 1.77. The molecule has 0 aromatic carbocycles. The summed E-state index contributed by atoms with van der Waals surface area (Å²) in [5.74, 6) is 0.490. The third-order valence-electron chi connectivity index (χ3n) is 1.52. The standard InChI is InChI=1S/C7H10BN2OS/c1-5-3-10-7(9)2-6(5)4-11-12-8/h2-3,8H,4H2,1H3,(H2,9,10)/i8T. The molecule has 1 aromatic rings. The molecule has 63 valence electrons. The van der Waals surface area contributed by atoms with Crippen LogP contribution >= 0.6 is 11.9 Å². The van der Waals surface area contributed by atoms with E-state index in [9.17, 15) is 0 Å². The lowest BCUT2D eigenvalue weighted by Gasteiger charge is -2.04. The Labute approximate surface area is 78.6 Å². The average Bonchev–Trinajstić information content (AvgIpc) is 2.11. The summed E-state index contributed by atoms with van der Waals surface area (Å²) in [6, 6.07) is 1.78. The molecule has 0 saturated carbocycles. The van der Waals surface area contributed by atoms with Crippen LogP contribution in [0.4, 0.5) is 5.82 Å². The molecule has 1 heterocycles. The van der Waals surface area contributed by atoms with Crippen molar-refractivity contribution in [1.29, 1.82) is 1.34 Å². The van der Waals surface area contributed by atoms with E-state index in [2.05, 4.69) is 4.98 Å². The Hall–Kier alpha value is -0.675. The molecular weight excluding hydrogens is 171 g/mol. The SMILES string of the molecule is [3H][B]SOCc1cc(N)ncc1C. The highest BCUT2D eigenvalue weighted by Gasteiger charge is 1.99. The first-order valence-corrected chi connectivity index (χ1v) is 4.24. The molecule has 0 aliphatic heterocycles. The molecule has 0 unspecified atom stereocenters. The second-order valence-corrected chi connectivity index (χ2v) is 2.82. The van der Waals surface area contributed by atoms with Crippen molar-refractivity contribution in [3.05, 3.63) is 23.4 Å². The molecule has 5 heteroatoms. The maximum Gasteiger partial charge on any atom is 0.209 e. The number of nitrogens with two attached hydrogens (primary N) is 1. The Morgan fingerprint density at radius 2 is 2.75 bits per heavy atom. The fraction of sp³-hybridized carbons (Fsp3) is 0.286. The molecule has 0 saturated heterocycles. The molecular formula is C7H10BN2OS. The predicted molar refractivity (Wildman–Crippen MR) is 52.9 cm³/mol. The van der Waals surface area contributed by atoms with Crippen molar-refractivity contribution in [2.75, 3.05) is 5.73 Å². The molecule has 1 radical (unpaired) electrons. The largest absolute Gasteiger partial charge is 0.384 e. The highest BCUT2D eigenvalue weighted by molar-refractivity contribution is 8.15. The fourth-order valence-corrected chi connectivity index (χ4v) is 1.03. The topological polar surface area (TPSA) is 48.1 Å². The van der Waals surface area contributed by atoms with Gasteiger partial charge >= 0.3 is 0 Å². The monoisotopic (exact) mass is 183 g/mol. The summed E-state index contributed by atoms with van der Waals surface area (Å²) in [5.41, 5.74) is 7.56. The van der Waals surface area contributed by atoms with Gasteiger partial charge in [0.05, 0.1) is 6.61 Å². The molecule has 3 nitrogen and oxygen atoms in total. The molecule has 0 aliphatic rings. The number of aryl methyl sites for hydroxylation is 1. The summed E-state index contributed by atoms with van der Waals surface area (Å²) in [6.07, 6.45) is 1.71. The molecule has 12 heavy (non-hydrogen) atoms. The summed E-state index contributed by atoms with van der Waals surface area (Å²) < 4.78 is 11.8. The van der Waals surface area contributed by atoms with Gasteiger partial charge in [0, 0.05) is 6.20 Å². The molecule has 0 amide bonds. The molecule has 0 atom stereocenters. The van der Waals surface area contributed by atoms with Gasteiger partial charge in [-0.15, -0.1) is 0 Å². The second-order valence-electron chi connectivity index (χ2n) is 2.39. The number of rotatable bonds is 4. The van der Waals surface area contributed by atoms with E-state index in [-0.39, 0.29) is 0 Å². The number of aromatic nitrogens is 1. The molecule has 0 bridgehead atoms. The zero-order chi connectivity index (χ0) is 9.68. The van der Waals surface area contributed by atoms with Crippen LogP contribution in [-0.4, -0.2) is 13.4 Å². The van der Waals surface area contributed by atoms with Gasteiger partial charge < -0.3 is 9.92 Å². The van der Waals surface area contributed by atoms with E-state index in [0.29, 0.717) is 12.4 Å². The summed E-state index contributed by atoms with van der Waals surface area (Å²) in [6.45, 7) is 2.39. The zero-order valence-electron chi connectivity index (χ0n) is 7.78. The van der Waals surface area contributed by atoms with Crippen molar-refractivity contribution in [2.45, 2.75) is 13.5 Å². The fourth-order valence-electron chi connectivity index (χ4n) is 0.837. The van der Waals surface area contributed by atoms with Crippen LogP contribution in [0.25, 0.3) is 0 Å². The van der Waals surface area contributed by atoms with Crippen LogP contribution in [0.15, 0.2) is 12.3 Å². The number of hydrogen-bond donors (Lipinski definition) is 1. The summed E-state index contributed by atoms with van der Waals surface area (Å²) in [7, 11) is 1.14. The van der Waals surface area contributed by atoms with Crippen LogP contribution in [0, 0.1) is 6.92 Å². The third kappa shape index (κ3) is 2.42. The van der Waals surface area contributed by atoms with Gasteiger partial charge in [0.15, 0.2) is 0 Å². The number of nitrogen functional groups attached to an aromatic ring is 1. The first kappa shape index (κ1) is 7.95. The lowest BCUT2D eigenvalue weighted by Crippen LogP contribution is -1.96. The summed E-state index contributed by atoms with van der Waals surface area (Å²) in [4.78, 5) is 3.94. The Bertz CT molecular complexity index is 287. The van der Waals surface area contributed by atoms with Crippen molar-refractivity contribution in [3.63, 3.8) is 0 Å². The Balaban J connectivity index is 2.59. The van der Waals surface area contributed by atoms with Crippen molar-refractivity contribution in [1.82, 2.24) is 4.98 Å². The Morgan fingerprint density at radius 3 is 3.50 bits per heavy atom. The van der Waals surface area contributed by atoms with E-state index < -0.39 is 0 Å². The first-order chi connectivity index (χ1) is 6.24. The van der Waals surface area contributed by atoms with Crippen LogP contribution in [0.3, 0.4) is 0 Å². The smallest absolute Gasteiger partial charge is 0.209 e. The minimum Gasteiger partial charge on any atom is -0.384 e. The van der Waals surface area contributed by atoms with E-state index >= 15 is 0 Å². The highest BCUT2D eigenvalue weighted by Crippen LogP contribution is 2.12. The van der Waals surface area contributed by atoms with E-state index in [0.717, 1.165) is 30.1 Å². The summed E-state index contributed by atoms with van der Waals surface area (Å²) >= 11 is 0.998. The van der Waals surface area contributed by atoms with Crippen molar-refractivity contribution in [3.8, 4) is 0 Å². The van der Waals surface area contributed by atoms with Crippen molar-refractivity contribution < 1.29 is 4.18 Å². The normalized spacial score (nSPS) is 10.9. The van der Waals surface area contributed by atoms with Crippen LogP contribution in [0.1, 0.15) is 11.1 Å². The van der Waals surface area contributed by atoms with Gasteiger partial charge in [-0.25, -0.2) is 4.98 Å².